The Balaban J connectivity index is 2.37. The van der Waals surface area contributed by atoms with Crippen LogP contribution in [0.2, 0.25) is 5.02 Å². The van der Waals surface area contributed by atoms with Crippen LogP contribution in [0.4, 0.5) is 0 Å². The highest BCUT2D eigenvalue weighted by molar-refractivity contribution is 6.30. The van der Waals surface area contributed by atoms with Crippen molar-refractivity contribution in [2.45, 2.75) is 18.8 Å². The molecule has 0 spiro atoms. The highest BCUT2D eigenvalue weighted by atomic mass is 35.5. The zero-order chi connectivity index (χ0) is 9.68. The third kappa shape index (κ3) is 4.51. The quantitative estimate of drug-likeness (QED) is 0.766. The van der Waals surface area contributed by atoms with Crippen LogP contribution in [0.15, 0.2) is 24.3 Å². The first-order valence-electron chi connectivity index (χ1n) is 4.27. The van der Waals surface area contributed by atoms with Gasteiger partial charge >= 0.3 is 0 Å². The summed E-state index contributed by atoms with van der Waals surface area (Å²) in [5.74, 6) is 0. The zero-order valence-corrected chi connectivity index (χ0v) is 9.07. The molecule has 0 fully saturated rings. The normalized spacial score (nSPS) is 12.8. The van der Waals surface area contributed by atoms with Crippen LogP contribution in [0, 0.1) is 0 Å². The van der Waals surface area contributed by atoms with Crippen molar-refractivity contribution in [1.29, 1.82) is 0 Å². The Hall–Kier alpha value is -0.240. The predicted octanol–water partition coefficient (Wildman–Crippen LogP) is 3.06. The van der Waals surface area contributed by atoms with Gasteiger partial charge in [-0.2, -0.15) is 0 Å². The Labute approximate surface area is 89.0 Å². The van der Waals surface area contributed by atoms with Crippen LogP contribution in [0.5, 0.6) is 0 Å². The monoisotopic (exact) mass is 217 g/mol. The molecule has 1 nitrogen and oxygen atoms in total. The van der Waals surface area contributed by atoms with Gasteiger partial charge in [-0.1, -0.05) is 23.7 Å². The van der Waals surface area contributed by atoms with Crippen molar-refractivity contribution in [3.63, 3.8) is 0 Å². The molecule has 1 aromatic rings. The number of hydrogen-bond donors (Lipinski definition) is 1. The van der Waals surface area contributed by atoms with Gasteiger partial charge in [-0.05, 0) is 24.6 Å². The molecule has 0 saturated carbocycles. The fraction of sp³-hybridized carbons (Fsp3) is 0.400. The van der Waals surface area contributed by atoms with E-state index in [4.69, 9.17) is 23.2 Å². The Morgan fingerprint density at radius 3 is 2.85 bits per heavy atom. The first kappa shape index (κ1) is 10.8. The Morgan fingerprint density at radius 2 is 2.23 bits per heavy atom. The number of rotatable bonds is 4. The first-order valence-corrected chi connectivity index (χ1v) is 5.09. The fourth-order valence-corrected chi connectivity index (χ4v) is 1.38. The van der Waals surface area contributed by atoms with E-state index in [1.165, 1.54) is 5.56 Å². The van der Waals surface area contributed by atoms with Gasteiger partial charge in [0.25, 0.3) is 0 Å². The lowest BCUT2D eigenvalue weighted by atomic mass is 10.2. The van der Waals surface area contributed by atoms with Gasteiger partial charge in [-0.3, -0.25) is 0 Å². The number of hydrogen-bond acceptors (Lipinski definition) is 1. The summed E-state index contributed by atoms with van der Waals surface area (Å²) in [6.07, 6.45) is 0. The molecule has 0 bridgehead atoms. The van der Waals surface area contributed by atoms with E-state index in [9.17, 15) is 0 Å². The fourth-order valence-electron chi connectivity index (χ4n) is 1.06. The lowest BCUT2D eigenvalue weighted by Crippen LogP contribution is -2.20. The van der Waals surface area contributed by atoms with Crippen molar-refractivity contribution in [3.8, 4) is 0 Å². The second-order valence-electron chi connectivity index (χ2n) is 3.04. The van der Waals surface area contributed by atoms with Gasteiger partial charge in [0.15, 0.2) is 0 Å². The molecule has 1 atom stereocenters. The van der Waals surface area contributed by atoms with Crippen molar-refractivity contribution in [2.75, 3.05) is 6.54 Å². The SMILES string of the molecule is CC(Cl)CNCc1cccc(Cl)c1. The van der Waals surface area contributed by atoms with Gasteiger partial charge in [-0.15, -0.1) is 11.6 Å². The summed E-state index contributed by atoms with van der Waals surface area (Å²) in [4.78, 5) is 0. The summed E-state index contributed by atoms with van der Waals surface area (Å²) in [7, 11) is 0. The molecule has 1 rings (SSSR count). The molecule has 0 saturated heterocycles. The molecule has 1 unspecified atom stereocenters. The van der Waals surface area contributed by atoms with E-state index in [1.807, 2.05) is 31.2 Å². The molecular formula is C10H13Cl2N. The lowest BCUT2D eigenvalue weighted by molar-refractivity contribution is 0.680. The molecule has 13 heavy (non-hydrogen) atoms. The third-order valence-corrected chi connectivity index (χ3v) is 2.03. The summed E-state index contributed by atoms with van der Waals surface area (Å²) in [5, 5.41) is 4.18. The van der Waals surface area contributed by atoms with Crippen LogP contribution in [0.1, 0.15) is 12.5 Å². The highest BCUT2D eigenvalue weighted by Gasteiger charge is 1.96. The molecule has 3 heteroatoms. The number of halogens is 2. The average molecular weight is 218 g/mol. The Morgan fingerprint density at radius 1 is 1.46 bits per heavy atom. The van der Waals surface area contributed by atoms with E-state index in [1.54, 1.807) is 0 Å². The molecule has 0 heterocycles. The molecule has 0 amide bonds. The second-order valence-corrected chi connectivity index (χ2v) is 4.22. The summed E-state index contributed by atoms with van der Waals surface area (Å²) >= 11 is 11.6. The summed E-state index contributed by atoms with van der Waals surface area (Å²) in [6.45, 7) is 3.60. The smallest absolute Gasteiger partial charge is 0.0432 e. The Bertz CT molecular complexity index is 261. The van der Waals surface area contributed by atoms with Gasteiger partial charge in [0.05, 0.1) is 0 Å². The predicted molar refractivity (Wildman–Crippen MR) is 58.5 cm³/mol. The van der Waals surface area contributed by atoms with Crippen LogP contribution >= 0.6 is 23.2 Å². The second kappa shape index (κ2) is 5.48. The van der Waals surface area contributed by atoms with E-state index in [2.05, 4.69) is 5.32 Å². The molecule has 0 aliphatic rings. The van der Waals surface area contributed by atoms with Gasteiger partial charge in [0, 0.05) is 23.5 Å². The molecule has 72 valence electrons. The van der Waals surface area contributed by atoms with Crippen LogP contribution in [-0.4, -0.2) is 11.9 Å². The van der Waals surface area contributed by atoms with Crippen molar-refractivity contribution in [2.24, 2.45) is 0 Å². The maximum Gasteiger partial charge on any atom is 0.0432 e. The van der Waals surface area contributed by atoms with Gasteiger partial charge in [-0.25, -0.2) is 0 Å². The van der Waals surface area contributed by atoms with Crippen molar-refractivity contribution < 1.29 is 0 Å². The minimum atomic E-state index is 0.166. The molecule has 0 aliphatic heterocycles. The molecule has 1 N–H and O–H groups in total. The maximum atomic E-state index is 5.83. The number of alkyl halides is 1. The lowest BCUT2D eigenvalue weighted by Gasteiger charge is -2.06. The number of nitrogens with one attached hydrogen (secondary N) is 1. The standard InChI is InChI=1S/C10H13Cl2N/c1-8(11)6-13-7-9-3-2-4-10(12)5-9/h2-5,8,13H,6-7H2,1H3. The minimum absolute atomic E-state index is 0.166. The van der Waals surface area contributed by atoms with E-state index < -0.39 is 0 Å². The van der Waals surface area contributed by atoms with Crippen LogP contribution in [0.3, 0.4) is 0 Å². The maximum absolute atomic E-state index is 5.83. The third-order valence-electron chi connectivity index (χ3n) is 1.64. The van der Waals surface area contributed by atoms with E-state index in [-0.39, 0.29) is 5.38 Å². The van der Waals surface area contributed by atoms with Gasteiger partial charge in [0.1, 0.15) is 0 Å². The van der Waals surface area contributed by atoms with Crippen LogP contribution < -0.4 is 5.32 Å². The molecule has 0 aromatic heterocycles. The van der Waals surface area contributed by atoms with E-state index >= 15 is 0 Å². The van der Waals surface area contributed by atoms with Crippen molar-refractivity contribution >= 4 is 23.2 Å². The van der Waals surface area contributed by atoms with Crippen molar-refractivity contribution in [1.82, 2.24) is 5.32 Å². The van der Waals surface area contributed by atoms with Gasteiger partial charge in [0.2, 0.25) is 0 Å². The van der Waals surface area contributed by atoms with Gasteiger partial charge < -0.3 is 5.32 Å². The summed E-state index contributed by atoms with van der Waals surface area (Å²) in [6, 6.07) is 7.81. The van der Waals surface area contributed by atoms with Crippen LogP contribution in [0.25, 0.3) is 0 Å². The van der Waals surface area contributed by atoms with E-state index in [0.717, 1.165) is 18.1 Å². The molecule has 1 aromatic carbocycles. The first-order chi connectivity index (χ1) is 6.18. The number of benzene rings is 1. The molecule has 0 aliphatic carbocycles. The Kier molecular flexibility index (Phi) is 4.57. The topological polar surface area (TPSA) is 12.0 Å². The largest absolute Gasteiger partial charge is 0.311 e. The average Bonchev–Trinajstić information content (AvgIpc) is 2.03. The van der Waals surface area contributed by atoms with E-state index in [0.29, 0.717) is 0 Å². The summed E-state index contributed by atoms with van der Waals surface area (Å²) in [5.41, 5.74) is 1.19. The molecular weight excluding hydrogens is 205 g/mol. The minimum Gasteiger partial charge on any atom is -0.311 e. The zero-order valence-electron chi connectivity index (χ0n) is 7.56. The highest BCUT2D eigenvalue weighted by Crippen LogP contribution is 2.10. The van der Waals surface area contributed by atoms with Crippen LogP contribution in [-0.2, 0) is 6.54 Å². The summed E-state index contributed by atoms with van der Waals surface area (Å²) < 4.78 is 0. The molecule has 0 radical (unpaired) electrons. The van der Waals surface area contributed by atoms with Crippen molar-refractivity contribution in [3.05, 3.63) is 34.9 Å².